The molecule has 0 aromatic carbocycles. The number of pyridine rings is 2. The molecule has 1 N–H and O–H groups in total. The monoisotopic (exact) mass is 408 g/mol. The Kier molecular flexibility index (Phi) is 5.57. The SMILES string of the molecule is CC(C)Oc1cnc(-c2nnc(Nc3ncccc3N(C)C)o2)cc1C(F)(F)F. The second kappa shape index (κ2) is 7.94. The molecule has 0 spiro atoms. The van der Waals surface area contributed by atoms with Gasteiger partial charge < -0.3 is 14.1 Å². The highest BCUT2D eigenvalue weighted by molar-refractivity contribution is 5.68. The maximum Gasteiger partial charge on any atom is 0.420 e. The Hall–Kier alpha value is -3.37. The van der Waals surface area contributed by atoms with Crippen molar-refractivity contribution in [1.82, 2.24) is 20.2 Å². The summed E-state index contributed by atoms with van der Waals surface area (Å²) in [5.41, 5.74) is -0.328. The summed E-state index contributed by atoms with van der Waals surface area (Å²) < 4.78 is 50.9. The van der Waals surface area contributed by atoms with Crippen molar-refractivity contribution in [2.45, 2.75) is 26.1 Å². The highest BCUT2D eigenvalue weighted by Crippen LogP contribution is 2.38. The lowest BCUT2D eigenvalue weighted by Crippen LogP contribution is -2.13. The number of aromatic nitrogens is 4. The molecule has 0 fully saturated rings. The summed E-state index contributed by atoms with van der Waals surface area (Å²) in [5.74, 6) is -0.0769. The molecule has 0 atom stereocenters. The smallest absolute Gasteiger partial charge is 0.420 e. The van der Waals surface area contributed by atoms with Crippen LogP contribution in [0.25, 0.3) is 11.6 Å². The van der Waals surface area contributed by atoms with E-state index < -0.39 is 17.8 Å². The van der Waals surface area contributed by atoms with Crippen LogP contribution in [0.15, 0.2) is 35.0 Å². The molecule has 8 nitrogen and oxygen atoms in total. The highest BCUT2D eigenvalue weighted by Gasteiger charge is 2.36. The number of rotatable bonds is 6. The topological polar surface area (TPSA) is 89.2 Å². The first-order valence-electron chi connectivity index (χ1n) is 8.62. The molecule has 0 aliphatic rings. The number of hydrogen-bond acceptors (Lipinski definition) is 8. The minimum Gasteiger partial charge on any atom is -0.489 e. The second-order valence-corrected chi connectivity index (χ2v) is 6.53. The van der Waals surface area contributed by atoms with Gasteiger partial charge in [-0.3, -0.25) is 5.32 Å². The van der Waals surface area contributed by atoms with E-state index in [1.165, 1.54) is 0 Å². The van der Waals surface area contributed by atoms with E-state index in [-0.39, 0.29) is 23.3 Å². The lowest BCUT2D eigenvalue weighted by atomic mass is 10.2. The maximum absolute atomic E-state index is 13.4. The molecule has 0 radical (unpaired) electrons. The normalized spacial score (nSPS) is 11.6. The van der Waals surface area contributed by atoms with E-state index in [2.05, 4.69) is 25.5 Å². The Balaban J connectivity index is 1.91. The van der Waals surface area contributed by atoms with Gasteiger partial charge in [0.25, 0.3) is 5.89 Å². The predicted molar refractivity (Wildman–Crippen MR) is 100 cm³/mol. The van der Waals surface area contributed by atoms with Crippen molar-refractivity contribution in [1.29, 1.82) is 0 Å². The molecule has 3 heterocycles. The van der Waals surface area contributed by atoms with Gasteiger partial charge in [-0.05, 0) is 32.0 Å². The molecule has 3 aromatic rings. The summed E-state index contributed by atoms with van der Waals surface area (Å²) >= 11 is 0. The lowest BCUT2D eigenvalue weighted by molar-refractivity contribution is -0.139. The van der Waals surface area contributed by atoms with Gasteiger partial charge in [0.15, 0.2) is 5.82 Å². The van der Waals surface area contributed by atoms with Gasteiger partial charge in [0, 0.05) is 20.3 Å². The van der Waals surface area contributed by atoms with Crippen molar-refractivity contribution in [3.63, 3.8) is 0 Å². The van der Waals surface area contributed by atoms with Crippen LogP contribution in [0, 0.1) is 0 Å². The maximum atomic E-state index is 13.4. The molecular formula is C18H19F3N6O2. The number of ether oxygens (including phenoxy) is 1. The summed E-state index contributed by atoms with van der Waals surface area (Å²) in [6.45, 7) is 3.26. The minimum absolute atomic E-state index is 0.0281. The molecule has 0 bridgehead atoms. The first-order chi connectivity index (χ1) is 13.6. The van der Waals surface area contributed by atoms with E-state index in [9.17, 15) is 13.2 Å². The van der Waals surface area contributed by atoms with E-state index in [0.29, 0.717) is 5.82 Å². The van der Waals surface area contributed by atoms with Gasteiger partial charge in [-0.2, -0.15) is 13.2 Å². The van der Waals surface area contributed by atoms with E-state index in [1.54, 1.807) is 26.1 Å². The molecule has 3 rings (SSSR count). The van der Waals surface area contributed by atoms with Crippen LogP contribution in [-0.2, 0) is 6.18 Å². The van der Waals surface area contributed by atoms with Gasteiger partial charge in [-0.25, -0.2) is 9.97 Å². The van der Waals surface area contributed by atoms with Gasteiger partial charge in [0.1, 0.15) is 17.0 Å². The van der Waals surface area contributed by atoms with Gasteiger partial charge >= 0.3 is 12.2 Å². The molecule has 11 heteroatoms. The van der Waals surface area contributed by atoms with Crippen molar-refractivity contribution in [2.75, 3.05) is 24.3 Å². The van der Waals surface area contributed by atoms with Crippen LogP contribution in [0.5, 0.6) is 5.75 Å². The van der Waals surface area contributed by atoms with E-state index in [1.807, 2.05) is 25.1 Å². The molecule has 29 heavy (non-hydrogen) atoms. The first-order valence-corrected chi connectivity index (χ1v) is 8.62. The zero-order valence-electron chi connectivity index (χ0n) is 16.2. The van der Waals surface area contributed by atoms with Crippen LogP contribution < -0.4 is 15.0 Å². The Morgan fingerprint density at radius 2 is 1.93 bits per heavy atom. The van der Waals surface area contributed by atoms with Crippen LogP contribution in [-0.4, -0.2) is 40.4 Å². The molecule has 0 saturated carbocycles. The molecule has 0 unspecified atom stereocenters. The third kappa shape index (κ3) is 4.73. The van der Waals surface area contributed by atoms with Crippen LogP contribution >= 0.6 is 0 Å². The summed E-state index contributed by atoms with van der Waals surface area (Å²) in [6.07, 6.45) is -2.49. The summed E-state index contributed by atoms with van der Waals surface area (Å²) in [7, 11) is 3.68. The molecular weight excluding hydrogens is 389 g/mol. The molecule has 0 amide bonds. The fourth-order valence-corrected chi connectivity index (χ4v) is 2.46. The van der Waals surface area contributed by atoms with E-state index in [0.717, 1.165) is 18.0 Å². The van der Waals surface area contributed by atoms with E-state index >= 15 is 0 Å². The third-order valence-electron chi connectivity index (χ3n) is 3.67. The van der Waals surface area contributed by atoms with Gasteiger partial charge in [-0.1, -0.05) is 5.10 Å². The van der Waals surface area contributed by atoms with E-state index in [4.69, 9.17) is 9.15 Å². The Bertz CT molecular complexity index is 988. The summed E-state index contributed by atoms with van der Waals surface area (Å²) in [6, 6.07) is 4.39. The van der Waals surface area contributed by atoms with Crippen molar-refractivity contribution in [3.05, 3.63) is 36.2 Å². The largest absolute Gasteiger partial charge is 0.489 e. The van der Waals surface area contributed by atoms with Crippen LogP contribution in [0.1, 0.15) is 19.4 Å². The number of nitrogens with one attached hydrogen (secondary N) is 1. The fourth-order valence-electron chi connectivity index (χ4n) is 2.46. The fraction of sp³-hybridized carbons (Fsp3) is 0.333. The quantitative estimate of drug-likeness (QED) is 0.651. The first kappa shape index (κ1) is 20.4. The number of alkyl halides is 3. The average Bonchev–Trinajstić information content (AvgIpc) is 3.09. The zero-order chi connectivity index (χ0) is 21.2. The highest BCUT2D eigenvalue weighted by atomic mass is 19.4. The standard InChI is InChI=1S/C18H19F3N6O2/c1-10(2)28-14-9-23-12(8-11(14)18(19,20)21)16-25-26-17(29-16)24-15-13(27(3)4)6-5-7-22-15/h5-10H,1-4H3,(H,22,24,26). The number of nitrogens with zero attached hydrogens (tertiary/aromatic N) is 5. The second-order valence-electron chi connectivity index (χ2n) is 6.53. The van der Waals surface area contributed by atoms with Gasteiger partial charge in [0.05, 0.1) is 18.0 Å². The van der Waals surface area contributed by atoms with Gasteiger partial charge in [-0.15, -0.1) is 5.10 Å². The van der Waals surface area contributed by atoms with Crippen molar-refractivity contribution in [2.24, 2.45) is 0 Å². The Morgan fingerprint density at radius 1 is 1.17 bits per heavy atom. The lowest BCUT2D eigenvalue weighted by Gasteiger charge is -2.16. The van der Waals surface area contributed by atoms with Gasteiger partial charge in [0.2, 0.25) is 0 Å². The Morgan fingerprint density at radius 3 is 2.59 bits per heavy atom. The van der Waals surface area contributed by atoms with Crippen molar-refractivity contribution < 1.29 is 22.3 Å². The molecule has 0 aliphatic heterocycles. The number of hydrogen-bond donors (Lipinski definition) is 1. The molecule has 0 aliphatic carbocycles. The summed E-state index contributed by atoms with van der Waals surface area (Å²) in [5, 5.41) is 10.5. The number of halogens is 3. The minimum atomic E-state index is -4.63. The molecule has 0 saturated heterocycles. The average molecular weight is 408 g/mol. The van der Waals surface area contributed by atoms with Crippen LogP contribution in [0.4, 0.5) is 30.7 Å². The zero-order valence-corrected chi connectivity index (χ0v) is 16.2. The summed E-state index contributed by atoms with van der Waals surface area (Å²) in [4.78, 5) is 10.0. The third-order valence-corrected chi connectivity index (χ3v) is 3.67. The predicted octanol–water partition coefficient (Wildman–Crippen LogP) is 4.14. The van der Waals surface area contributed by atoms with Crippen molar-refractivity contribution >= 4 is 17.5 Å². The van der Waals surface area contributed by atoms with Crippen molar-refractivity contribution in [3.8, 4) is 17.3 Å². The Labute approximate surface area is 164 Å². The molecule has 3 aromatic heterocycles. The van der Waals surface area contributed by atoms with Crippen LogP contribution in [0.2, 0.25) is 0 Å². The number of anilines is 3. The van der Waals surface area contributed by atoms with Crippen LogP contribution in [0.3, 0.4) is 0 Å². The molecule has 154 valence electrons.